The molecule has 0 saturated carbocycles. The summed E-state index contributed by atoms with van der Waals surface area (Å²) in [6, 6.07) is 28.8. The molecule has 0 aliphatic carbocycles. The molecule has 0 aliphatic rings. The highest BCUT2D eigenvalue weighted by molar-refractivity contribution is 6.22. The highest BCUT2D eigenvalue weighted by Gasteiger charge is 2.08. The van der Waals surface area contributed by atoms with Gasteiger partial charge in [0.25, 0.3) is 0 Å². The largest absolute Gasteiger partial charge is 0.0616 e. The van der Waals surface area contributed by atoms with Crippen molar-refractivity contribution in [1.29, 1.82) is 0 Å². The fraction of sp³-hybridized carbons (Fsp3) is 0.0435. The molecule has 0 heteroatoms. The van der Waals surface area contributed by atoms with Crippen LogP contribution in [0.25, 0.3) is 43.1 Å². The number of rotatable bonds is 0. The molecule has 23 heavy (non-hydrogen) atoms. The molecule has 0 fully saturated rings. The summed E-state index contributed by atoms with van der Waals surface area (Å²) < 4.78 is 0. The van der Waals surface area contributed by atoms with Gasteiger partial charge in [-0.15, -0.1) is 0 Å². The van der Waals surface area contributed by atoms with Crippen molar-refractivity contribution in [2.75, 3.05) is 0 Å². The monoisotopic (exact) mass is 292 g/mol. The second kappa shape index (κ2) is 4.57. The van der Waals surface area contributed by atoms with Crippen LogP contribution in [0.1, 0.15) is 5.56 Å². The molecule has 5 aromatic carbocycles. The first kappa shape index (κ1) is 12.7. The SMILES string of the molecule is Cc1cccc2ccc3c4ccc5ccccc5c4ccc3c12. The van der Waals surface area contributed by atoms with Crippen LogP contribution in [-0.4, -0.2) is 0 Å². The molecule has 0 heterocycles. The zero-order valence-corrected chi connectivity index (χ0v) is 13.0. The van der Waals surface area contributed by atoms with Crippen LogP contribution in [0.2, 0.25) is 0 Å². The highest BCUT2D eigenvalue weighted by atomic mass is 14.1. The smallest absolute Gasteiger partial charge is 0.00759 e. The van der Waals surface area contributed by atoms with E-state index in [1.807, 2.05) is 0 Å². The molecule has 0 aliphatic heterocycles. The van der Waals surface area contributed by atoms with Gasteiger partial charge in [-0.3, -0.25) is 0 Å². The van der Waals surface area contributed by atoms with E-state index in [4.69, 9.17) is 0 Å². The summed E-state index contributed by atoms with van der Waals surface area (Å²) >= 11 is 0. The summed E-state index contributed by atoms with van der Waals surface area (Å²) in [6.07, 6.45) is 0. The van der Waals surface area contributed by atoms with Crippen molar-refractivity contribution in [3.63, 3.8) is 0 Å². The van der Waals surface area contributed by atoms with Crippen LogP contribution >= 0.6 is 0 Å². The molecule has 0 bridgehead atoms. The van der Waals surface area contributed by atoms with E-state index in [1.54, 1.807) is 0 Å². The Morgan fingerprint density at radius 3 is 1.96 bits per heavy atom. The van der Waals surface area contributed by atoms with E-state index in [0.717, 1.165) is 0 Å². The molecule has 0 N–H and O–H groups in total. The minimum atomic E-state index is 1.30. The quantitative estimate of drug-likeness (QED) is 0.282. The Labute approximate surface area is 135 Å². The Morgan fingerprint density at radius 2 is 1.04 bits per heavy atom. The molecule has 5 rings (SSSR count). The zero-order valence-electron chi connectivity index (χ0n) is 13.0. The standard InChI is InChI=1S/C23H16/c1-15-5-4-7-17-10-12-21-20-11-9-16-6-2-3-8-18(16)19(20)13-14-22(21)23(15)17/h2-14H,1H3. The molecular weight excluding hydrogens is 276 g/mol. The number of hydrogen-bond acceptors (Lipinski definition) is 0. The van der Waals surface area contributed by atoms with Gasteiger partial charge in [0, 0.05) is 0 Å². The van der Waals surface area contributed by atoms with Gasteiger partial charge < -0.3 is 0 Å². The summed E-state index contributed by atoms with van der Waals surface area (Å²) in [5, 5.41) is 10.7. The molecule has 0 atom stereocenters. The van der Waals surface area contributed by atoms with Gasteiger partial charge >= 0.3 is 0 Å². The topological polar surface area (TPSA) is 0 Å². The molecule has 0 aromatic heterocycles. The van der Waals surface area contributed by atoms with Crippen molar-refractivity contribution in [2.24, 2.45) is 0 Å². The summed E-state index contributed by atoms with van der Waals surface area (Å²) in [5.41, 5.74) is 1.34. The van der Waals surface area contributed by atoms with E-state index in [2.05, 4.69) is 85.8 Å². The van der Waals surface area contributed by atoms with Crippen LogP contribution < -0.4 is 0 Å². The molecule has 0 unspecified atom stereocenters. The van der Waals surface area contributed by atoms with Crippen LogP contribution in [0.15, 0.2) is 78.9 Å². The van der Waals surface area contributed by atoms with Crippen molar-refractivity contribution in [3.8, 4) is 0 Å². The first-order valence-electron chi connectivity index (χ1n) is 8.05. The second-order valence-electron chi connectivity index (χ2n) is 6.28. The lowest BCUT2D eigenvalue weighted by Gasteiger charge is -2.11. The Morgan fingerprint density at radius 1 is 0.435 bits per heavy atom. The van der Waals surface area contributed by atoms with Gasteiger partial charge in [0.15, 0.2) is 0 Å². The van der Waals surface area contributed by atoms with Gasteiger partial charge in [0.1, 0.15) is 0 Å². The van der Waals surface area contributed by atoms with Gasteiger partial charge in [0.05, 0.1) is 0 Å². The zero-order chi connectivity index (χ0) is 15.4. The average molecular weight is 292 g/mol. The molecule has 0 amide bonds. The van der Waals surface area contributed by atoms with Crippen LogP contribution in [0.5, 0.6) is 0 Å². The normalized spacial score (nSPS) is 11.7. The van der Waals surface area contributed by atoms with E-state index < -0.39 is 0 Å². The molecular formula is C23H16. The van der Waals surface area contributed by atoms with Gasteiger partial charge in [-0.2, -0.15) is 0 Å². The maximum absolute atomic E-state index is 2.29. The predicted octanol–water partition coefficient (Wildman–Crippen LogP) is 6.61. The molecule has 5 aromatic rings. The first-order valence-corrected chi connectivity index (χ1v) is 8.05. The number of aryl methyl sites for hydroxylation is 1. The minimum absolute atomic E-state index is 1.30. The van der Waals surface area contributed by atoms with E-state index in [9.17, 15) is 0 Å². The van der Waals surface area contributed by atoms with Gasteiger partial charge in [-0.1, -0.05) is 78.9 Å². The van der Waals surface area contributed by atoms with Gasteiger partial charge in [-0.25, -0.2) is 0 Å². The number of fused-ring (bicyclic) bond motifs is 7. The molecule has 0 saturated heterocycles. The van der Waals surface area contributed by atoms with Crippen molar-refractivity contribution in [1.82, 2.24) is 0 Å². The first-order chi connectivity index (χ1) is 11.3. The maximum atomic E-state index is 2.29. The summed E-state index contributed by atoms with van der Waals surface area (Å²) in [4.78, 5) is 0. The van der Waals surface area contributed by atoms with Gasteiger partial charge in [0.2, 0.25) is 0 Å². The van der Waals surface area contributed by atoms with E-state index in [-0.39, 0.29) is 0 Å². The highest BCUT2D eigenvalue weighted by Crippen LogP contribution is 2.35. The minimum Gasteiger partial charge on any atom is -0.0616 e. The third-order valence-electron chi connectivity index (χ3n) is 4.97. The second-order valence-corrected chi connectivity index (χ2v) is 6.28. The van der Waals surface area contributed by atoms with Gasteiger partial charge in [-0.05, 0) is 55.6 Å². The number of benzene rings is 5. The third-order valence-corrected chi connectivity index (χ3v) is 4.97. The van der Waals surface area contributed by atoms with Crippen molar-refractivity contribution < 1.29 is 0 Å². The van der Waals surface area contributed by atoms with Crippen molar-refractivity contribution in [3.05, 3.63) is 84.4 Å². The van der Waals surface area contributed by atoms with E-state index in [0.29, 0.717) is 0 Å². The molecule has 0 spiro atoms. The predicted molar refractivity (Wildman–Crippen MR) is 101 cm³/mol. The van der Waals surface area contributed by atoms with Crippen LogP contribution in [0.4, 0.5) is 0 Å². The lowest BCUT2D eigenvalue weighted by molar-refractivity contribution is 1.54. The molecule has 0 radical (unpaired) electrons. The van der Waals surface area contributed by atoms with Crippen molar-refractivity contribution >= 4 is 43.1 Å². The molecule has 108 valence electrons. The van der Waals surface area contributed by atoms with Crippen LogP contribution in [0, 0.1) is 6.92 Å². The average Bonchev–Trinajstić information content (AvgIpc) is 2.61. The summed E-state index contributed by atoms with van der Waals surface area (Å²) in [7, 11) is 0. The summed E-state index contributed by atoms with van der Waals surface area (Å²) in [6.45, 7) is 2.20. The summed E-state index contributed by atoms with van der Waals surface area (Å²) in [5.74, 6) is 0. The maximum Gasteiger partial charge on any atom is -0.00759 e. The van der Waals surface area contributed by atoms with E-state index in [1.165, 1.54) is 48.7 Å². The van der Waals surface area contributed by atoms with Crippen LogP contribution in [-0.2, 0) is 0 Å². The Kier molecular flexibility index (Phi) is 2.51. The Bertz CT molecular complexity index is 1210. The van der Waals surface area contributed by atoms with Crippen molar-refractivity contribution in [2.45, 2.75) is 6.92 Å². The Balaban J connectivity index is 2.05. The molecule has 0 nitrogen and oxygen atoms in total. The number of hydrogen-bond donors (Lipinski definition) is 0. The fourth-order valence-electron chi connectivity index (χ4n) is 3.88. The fourth-order valence-corrected chi connectivity index (χ4v) is 3.88. The van der Waals surface area contributed by atoms with Crippen LogP contribution in [0.3, 0.4) is 0 Å². The Hall–Kier alpha value is -2.86. The van der Waals surface area contributed by atoms with E-state index >= 15 is 0 Å². The lowest BCUT2D eigenvalue weighted by Crippen LogP contribution is -1.84. The third kappa shape index (κ3) is 1.72. The lowest BCUT2D eigenvalue weighted by atomic mass is 9.93.